The molecular weight excluding hydrogens is 268 g/mol. The summed E-state index contributed by atoms with van der Waals surface area (Å²) in [5, 5.41) is 0. The van der Waals surface area contributed by atoms with Gasteiger partial charge in [-0.2, -0.15) is 0 Å². The highest BCUT2D eigenvalue weighted by Crippen LogP contribution is 2.08. The molecule has 0 atom stereocenters. The van der Waals surface area contributed by atoms with Crippen LogP contribution >= 0.6 is 0 Å². The first kappa shape index (κ1) is 16.4. The van der Waals surface area contributed by atoms with Gasteiger partial charge in [0.15, 0.2) is 0 Å². The van der Waals surface area contributed by atoms with Gasteiger partial charge in [-0.3, -0.25) is 9.68 Å². The lowest BCUT2D eigenvalue weighted by molar-refractivity contribution is -0.218. The zero-order chi connectivity index (χ0) is 15.7. The Morgan fingerprint density at radius 2 is 1.33 bits per heavy atom. The molecule has 0 fully saturated rings. The normalized spacial score (nSPS) is 9.10. The fraction of sp³-hybridized carbons (Fsp3) is 0.176. The maximum atomic E-state index is 11.1. The molecule has 110 valence electrons. The lowest BCUT2D eigenvalue weighted by atomic mass is 10.1. The van der Waals surface area contributed by atoms with Crippen LogP contribution in [-0.2, 0) is 14.6 Å². The second-order valence-electron chi connectivity index (χ2n) is 4.46. The molecule has 2 aromatic rings. The number of carbonyl (C=O) groups is 2. The Morgan fingerprint density at radius 1 is 0.857 bits per heavy atom. The van der Waals surface area contributed by atoms with Crippen molar-refractivity contribution in [3.8, 4) is 0 Å². The summed E-state index contributed by atoms with van der Waals surface area (Å²) in [6.45, 7) is 6.05. The minimum atomic E-state index is -0.676. The molecule has 0 spiro atoms. The van der Waals surface area contributed by atoms with Crippen LogP contribution in [0.2, 0.25) is 0 Å². The molecule has 21 heavy (non-hydrogen) atoms. The second-order valence-corrected chi connectivity index (χ2v) is 4.46. The van der Waals surface area contributed by atoms with Gasteiger partial charge in [-0.25, -0.2) is 9.68 Å². The maximum absolute atomic E-state index is 11.1. The van der Waals surface area contributed by atoms with Crippen LogP contribution in [0.4, 0.5) is 0 Å². The van der Waals surface area contributed by atoms with Crippen LogP contribution in [0.15, 0.2) is 48.5 Å². The van der Waals surface area contributed by atoms with E-state index in [-0.39, 0.29) is 6.47 Å². The minimum absolute atomic E-state index is 0.0518. The average Bonchev–Trinajstić information content (AvgIpc) is 2.49. The Kier molecular flexibility index (Phi) is 6.68. The molecule has 0 amide bonds. The van der Waals surface area contributed by atoms with Crippen molar-refractivity contribution in [2.75, 3.05) is 0 Å². The number of hydrogen-bond donors (Lipinski definition) is 0. The Hall–Kier alpha value is -2.62. The van der Waals surface area contributed by atoms with Gasteiger partial charge in [-0.05, 0) is 43.5 Å². The van der Waals surface area contributed by atoms with Crippen molar-refractivity contribution in [1.29, 1.82) is 0 Å². The van der Waals surface area contributed by atoms with Crippen LogP contribution in [0.25, 0.3) is 0 Å². The van der Waals surface area contributed by atoms with E-state index in [1.807, 2.05) is 0 Å². The zero-order valence-corrected chi connectivity index (χ0v) is 12.3. The van der Waals surface area contributed by atoms with Gasteiger partial charge in [0, 0.05) is 0 Å². The predicted molar refractivity (Wildman–Crippen MR) is 79.7 cm³/mol. The SMILES string of the molecule is Cc1ccccc1C.Cc1ccccc1C(=O)OOC=O. The van der Waals surface area contributed by atoms with Crippen LogP contribution < -0.4 is 0 Å². The molecule has 4 nitrogen and oxygen atoms in total. The van der Waals surface area contributed by atoms with E-state index in [2.05, 4.69) is 47.9 Å². The van der Waals surface area contributed by atoms with Gasteiger partial charge in [-0.1, -0.05) is 42.5 Å². The quantitative estimate of drug-likeness (QED) is 0.492. The summed E-state index contributed by atoms with van der Waals surface area (Å²) < 4.78 is 0. The van der Waals surface area contributed by atoms with E-state index >= 15 is 0 Å². The van der Waals surface area contributed by atoms with Crippen molar-refractivity contribution in [2.24, 2.45) is 0 Å². The van der Waals surface area contributed by atoms with E-state index in [1.165, 1.54) is 11.1 Å². The molecule has 0 aliphatic rings. The van der Waals surface area contributed by atoms with Crippen molar-refractivity contribution in [2.45, 2.75) is 20.8 Å². The standard InChI is InChI=1S/C9H8O4.C8H10/c1-7-4-2-3-5-8(7)9(11)13-12-6-10;1-7-5-3-4-6-8(7)2/h2-6H,1H3;3-6H,1-2H3. The third-order valence-electron chi connectivity index (χ3n) is 2.95. The smallest absolute Gasteiger partial charge is 0.251 e. The molecule has 0 aromatic heterocycles. The molecule has 0 heterocycles. The molecule has 0 unspecified atom stereocenters. The number of aryl methyl sites for hydroxylation is 3. The second kappa shape index (κ2) is 8.53. The maximum Gasteiger partial charge on any atom is 0.386 e. The molecule has 2 rings (SSSR count). The van der Waals surface area contributed by atoms with Gasteiger partial charge < -0.3 is 0 Å². The van der Waals surface area contributed by atoms with Gasteiger partial charge >= 0.3 is 12.4 Å². The van der Waals surface area contributed by atoms with E-state index in [1.54, 1.807) is 31.2 Å². The van der Waals surface area contributed by atoms with Crippen LogP contribution in [-0.4, -0.2) is 12.4 Å². The molecule has 0 saturated carbocycles. The third kappa shape index (κ3) is 5.48. The molecule has 0 bridgehead atoms. The lowest BCUT2D eigenvalue weighted by Crippen LogP contribution is -2.06. The van der Waals surface area contributed by atoms with Crippen molar-refractivity contribution >= 4 is 12.4 Å². The van der Waals surface area contributed by atoms with E-state index in [9.17, 15) is 9.59 Å². The zero-order valence-electron chi connectivity index (χ0n) is 12.3. The van der Waals surface area contributed by atoms with Gasteiger partial charge in [0.05, 0.1) is 5.56 Å². The molecule has 2 aromatic carbocycles. The van der Waals surface area contributed by atoms with Gasteiger partial charge in [0.25, 0.3) is 0 Å². The number of benzene rings is 2. The molecule has 0 radical (unpaired) electrons. The molecule has 0 aliphatic heterocycles. The number of rotatable bonds is 3. The predicted octanol–water partition coefficient (Wildman–Crippen LogP) is 3.54. The van der Waals surface area contributed by atoms with Gasteiger partial charge in [-0.15, -0.1) is 0 Å². The Labute approximate surface area is 124 Å². The van der Waals surface area contributed by atoms with Gasteiger partial charge in [0.2, 0.25) is 0 Å². The highest BCUT2D eigenvalue weighted by molar-refractivity contribution is 5.90. The first-order valence-electron chi connectivity index (χ1n) is 6.45. The Bertz CT molecular complexity index is 584. The van der Waals surface area contributed by atoms with Crippen molar-refractivity contribution in [1.82, 2.24) is 0 Å². The van der Waals surface area contributed by atoms with Crippen LogP contribution in [0, 0.1) is 20.8 Å². The Morgan fingerprint density at radius 3 is 1.76 bits per heavy atom. The third-order valence-corrected chi connectivity index (χ3v) is 2.95. The monoisotopic (exact) mass is 286 g/mol. The molecule has 0 saturated heterocycles. The van der Waals surface area contributed by atoms with E-state index in [4.69, 9.17) is 0 Å². The van der Waals surface area contributed by atoms with Gasteiger partial charge in [0.1, 0.15) is 0 Å². The highest BCUT2D eigenvalue weighted by Gasteiger charge is 2.10. The summed E-state index contributed by atoms with van der Waals surface area (Å²) in [5.74, 6) is -0.676. The summed E-state index contributed by atoms with van der Waals surface area (Å²) in [7, 11) is 0. The summed E-state index contributed by atoms with van der Waals surface area (Å²) in [6.07, 6.45) is 0. The average molecular weight is 286 g/mol. The van der Waals surface area contributed by atoms with E-state index in [0.29, 0.717) is 5.56 Å². The first-order chi connectivity index (χ1) is 10.1. The van der Waals surface area contributed by atoms with Crippen LogP contribution in [0.3, 0.4) is 0 Å². The fourth-order valence-corrected chi connectivity index (χ4v) is 1.57. The first-order valence-corrected chi connectivity index (χ1v) is 6.45. The highest BCUT2D eigenvalue weighted by atomic mass is 17.2. The molecule has 0 N–H and O–H groups in total. The van der Waals surface area contributed by atoms with Crippen molar-refractivity contribution in [3.63, 3.8) is 0 Å². The van der Waals surface area contributed by atoms with E-state index in [0.717, 1.165) is 5.56 Å². The largest absolute Gasteiger partial charge is 0.386 e. The number of hydrogen-bond acceptors (Lipinski definition) is 4. The molecule has 0 aliphatic carbocycles. The summed E-state index contributed by atoms with van der Waals surface area (Å²) in [4.78, 5) is 28.9. The number of carbonyl (C=O) groups excluding carboxylic acids is 2. The van der Waals surface area contributed by atoms with Crippen LogP contribution in [0.1, 0.15) is 27.0 Å². The summed E-state index contributed by atoms with van der Waals surface area (Å²) in [6, 6.07) is 15.2. The summed E-state index contributed by atoms with van der Waals surface area (Å²) >= 11 is 0. The lowest BCUT2D eigenvalue weighted by Gasteiger charge is -2.01. The topological polar surface area (TPSA) is 52.6 Å². The summed E-state index contributed by atoms with van der Waals surface area (Å²) in [5.41, 5.74) is 3.88. The minimum Gasteiger partial charge on any atom is -0.251 e. The van der Waals surface area contributed by atoms with Crippen LogP contribution in [0.5, 0.6) is 0 Å². The molecule has 4 heteroatoms. The molecular formula is C17H18O4. The van der Waals surface area contributed by atoms with Crippen molar-refractivity contribution in [3.05, 3.63) is 70.8 Å². The Balaban J connectivity index is 0.000000235. The fourth-order valence-electron chi connectivity index (χ4n) is 1.57. The van der Waals surface area contributed by atoms with Crippen molar-refractivity contribution < 1.29 is 19.4 Å². The van der Waals surface area contributed by atoms with E-state index < -0.39 is 5.97 Å².